The monoisotopic (exact) mass is 361 g/mol. The summed E-state index contributed by atoms with van der Waals surface area (Å²) in [5.74, 6) is -2.52. The molecule has 4 atom stereocenters. The maximum Gasteiger partial charge on any atom is 0.275 e. The molecule has 2 amide bonds. The van der Waals surface area contributed by atoms with E-state index in [0.29, 0.717) is 19.4 Å². The minimum absolute atomic E-state index is 0. The summed E-state index contributed by atoms with van der Waals surface area (Å²) in [5, 5.41) is 11.2. The number of fused-ring (bicyclic) bond motifs is 3. The fraction of sp³-hybridized carbons (Fsp3) is 0.875. The third-order valence-corrected chi connectivity index (χ3v) is 5.34. The molecule has 3 N–H and O–H groups in total. The smallest absolute Gasteiger partial charge is 0.275 e. The molecule has 7 nitrogen and oxygen atoms in total. The fourth-order valence-electron chi connectivity index (χ4n) is 4.01. The van der Waals surface area contributed by atoms with Crippen LogP contribution in [0.25, 0.3) is 0 Å². The second-order valence-corrected chi connectivity index (χ2v) is 7.72. The zero-order chi connectivity index (χ0) is 17.2. The van der Waals surface area contributed by atoms with Gasteiger partial charge in [-0.1, -0.05) is 27.7 Å². The van der Waals surface area contributed by atoms with E-state index in [-0.39, 0.29) is 30.2 Å². The Bertz CT molecular complexity index is 543. The third kappa shape index (κ3) is 2.44. The summed E-state index contributed by atoms with van der Waals surface area (Å²) in [5.41, 5.74) is 4.61. The molecule has 0 bridgehead atoms. The molecular weight excluding hydrogens is 334 g/mol. The van der Waals surface area contributed by atoms with Gasteiger partial charge in [-0.3, -0.25) is 25.0 Å². The summed E-state index contributed by atoms with van der Waals surface area (Å²) < 4.78 is 5.80. The Labute approximate surface area is 148 Å². The average molecular weight is 362 g/mol. The van der Waals surface area contributed by atoms with Gasteiger partial charge in [-0.25, -0.2) is 0 Å². The van der Waals surface area contributed by atoms with Gasteiger partial charge in [-0.15, -0.1) is 12.4 Å². The SMILES string of the molecule is CC(C)CC1C(=O)N2CCCC2C2(O)OC(N)(C(C)C)C(=O)N12.Cl. The molecule has 0 aliphatic carbocycles. The molecule has 3 aliphatic heterocycles. The van der Waals surface area contributed by atoms with Crippen LogP contribution in [0.2, 0.25) is 0 Å². The van der Waals surface area contributed by atoms with Crippen LogP contribution in [-0.2, 0) is 14.3 Å². The summed E-state index contributed by atoms with van der Waals surface area (Å²) >= 11 is 0. The van der Waals surface area contributed by atoms with Gasteiger partial charge in [-0.05, 0) is 25.2 Å². The molecule has 0 radical (unpaired) electrons. The fourth-order valence-corrected chi connectivity index (χ4v) is 4.01. The average Bonchev–Trinajstić information content (AvgIpc) is 3.00. The van der Waals surface area contributed by atoms with E-state index in [2.05, 4.69) is 0 Å². The van der Waals surface area contributed by atoms with Crippen molar-refractivity contribution in [2.24, 2.45) is 17.6 Å². The first-order valence-electron chi connectivity index (χ1n) is 8.48. The molecule has 0 aromatic heterocycles. The zero-order valence-electron chi connectivity index (χ0n) is 14.7. The highest BCUT2D eigenvalue weighted by atomic mass is 35.5. The number of ether oxygens (including phenoxy) is 1. The number of hydrogen-bond donors (Lipinski definition) is 2. The maximum absolute atomic E-state index is 13.0. The standard InChI is InChI=1S/C16H27N3O4.ClH/c1-9(2)8-11-13(20)18-7-5-6-12(18)16(22)19(11)14(21)15(17,23-16)10(3)4;/h9-12,22H,5-8,17H2,1-4H3;1H. The van der Waals surface area contributed by atoms with Crippen molar-refractivity contribution >= 4 is 24.2 Å². The Kier molecular flexibility index (Phi) is 4.96. The largest absolute Gasteiger partial charge is 0.347 e. The van der Waals surface area contributed by atoms with Crippen LogP contribution in [0.3, 0.4) is 0 Å². The molecule has 0 aromatic carbocycles. The second kappa shape index (κ2) is 6.12. The molecule has 8 heteroatoms. The van der Waals surface area contributed by atoms with Crippen LogP contribution in [-0.4, -0.2) is 57.0 Å². The van der Waals surface area contributed by atoms with Crippen LogP contribution in [0.4, 0.5) is 0 Å². The summed E-state index contributed by atoms with van der Waals surface area (Å²) in [4.78, 5) is 28.8. The van der Waals surface area contributed by atoms with E-state index in [1.54, 1.807) is 18.7 Å². The topological polar surface area (TPSA) is 96.1 Å². The van der Waals surface area contributed by atoms with Gasteiger partial charge in [0.2, 0.25) is 11.6 Å². The Hall–Kier alpha value is -0.890. The predicted molar refractivity (Wildman–Crippen MR) is 89.9 cm³/mol. The number of hydrogen-bond acceptors (Lipinski definition) is 5. The van der Waals surface area contributed by atoms with E-state index in [9.17, 15) is 14.7 Å². The van der Waals surface area contributed by atoms with Crippen LogP contribution in [0, 0.1) is 11.8 Å². The van der Waals surface area contributed by atoms with Crippen molar-refractivity contribution < 1.29 is 19.4 Å². The number of halogens is 1. The van der Waals surface area contributed by atoms with Gasteiger partial charge in [0.05, 0.1) is 0 Å². The van der Waals surface area contributed by atoms with Gasteiger partial charge < -0.3 is 10.0 Å². The molecule has 0 saturated carbocycles. The first kappa shape index (κ1) is 19.4. The van der Waals surface area contributed by atoms with E-state index in [0.717, 1.165) is 6.42 Å². The minimum Gasteiger partial charge on any atom is -0.347 e. The first-order valence-corrected chi connectivity index (χ1v) is 8.48. The normalized spacial score (nSPS) is 38.7. The molecule has 3 rings (SSSR count). The summed E-state index contributed by atoms with van der Waals surface area (Å²) in [6, 6.07) is -1.25. The van der Waals surface area contributed by atoms with Crippen molar-refractivity contribution in [3.8, 4) is 0 Å². The molecule has 0 aromatic rings. The number of piperazine rings is 1. The second-order valence-electron chi connectivity index (χ2n) is 7.72. The Balaban J connectivity index is 0.00000208. The van der Waals surface area contributed by atoms with Gasteiger partial charge >= 0.3 is 0 Å². The number of carbonyl (C=O) groups is 2. The highest BCUT2D eigenvalue weighted by Crippen LogP contribution is 2.47. The quantitative estimate of drug-likeness (QED) is 0.769. The molecule has 138 valence electrons. The Morgan fingerprint density at radius 2 is 1.96 bits per heavy atom. The predicted octanol–water partition coefficient (Wildman–Crippen LogP) is 0.643. The van der Waals surface area contributed by atoms with Crippen molar-refractivity contribution in [2.75, 3.05) is 6.54 Å². The summed E-state index contributed by atoms with van der Waals surface area (Å²) in [6.07, 6.45) is 1.87. The minimum atomic E-state index is -1.82. The van der Waals surface area contributed by atoms with Crippen LogP contribution < -0.4 is 5.73 Å². The van der Waals surface area contributed by atoms with Crippen molar-refractivity contribution in [3.05, 3.63) is 0 Å². The molecule has 24 heavy (non-hydrogen) atoms. The number of nitrogens with two attached hydrogens (primary N) is 1. The lowest BCUT2D eigenvalue weighted by molar-refractivity contribution is -0.318. The third-order valence-electron chi connectivity index (χ3n) is 5.34. The van der Waals surface area contributed by atoms with Crippen molar-refractivity contribution in [2.45, 2.75) is 70.7 Å². The van der Waals surface area contributed by atoms with Gasteiger partial charge in [0.1, 0.15) is 12.1 Å². The first-order chi connectivity index (χ1) is 10.6. The zero-order valence-corrected chi connectivity index (χ0v) is 15.5. The van der Waals surface area contributed by atoms with Gasteiger partial charge in [0, 0.05) is 12.5 Å². The molecular formula is C16H28ClN3O4. The highest BCUT2D eigenvalue weighted by Gasteiger charge is 2.70. The van der Waals surface area contributed by atoms with E-state index in [1.807, 2.05) is 13.8 Å². The van der Waals surface area contributed by atoms with Gasteiger partial charge in [0.25, 0.3) is 11.8 Å². The lowest BCUT2D eigenvalue weighted by Crippen LogP contribution is -2.71. The van der Waals surface area contributed by atoms with Gasteiger partial charge in [0.15, 0.2) is 0 Å². The van der Waals surface area contributed by atoms with Crippen molar-refractivity contribution in [3.63, 3.8) is 0 Å². The lowest BCUT2D eigenvalue weighted by Gasteiger charge is -2.49. The maximum atomic E-state index is 13.0. The lowest BCUT2D eigenvalue weighted by atomic mass is 9.94. The van der Waals surface area contributed by atoms with Gasteiger partial charge in [-0.2, -0.15) is 0 Å². The number of aliphatic hydroxyl groups is 1. The molecule has 3 fully saturated rings. The molecule has 0 spiro atoms. The van der Waals surface area contributed by atoms with Crippen molar-refractivity contribution in [1.82, 2.24) is 9.80 Å². The molecule has 3 saturated heterocycles. The summed E-state index contributed by atoms with van der Waals surface area (Å²) in [6.45, 7) is 8.13. The Morgan fingerprint density at radius 1 is 1.33 bits per heavy atom. The van der Waals surface area contributed by atoms with E-state index >= 15 is 0 Å². The van der Waals surface area contributed by atoms with E-state index in [4.69, 9.17) is 10.5 Å². The Morgan fingerprint density at radius 3 is 2.50 bits per heavy atom. The number of amides is 2. The molecule has 3 aliphatic rings. The van der Waals surface area contributed by atoms with Crippen LogP contribution >= 0.6 is 12.4 Å². The van der Waals surface area contributed by atoms with Crippen molar-refractivity contribution in [1.29, 1.82) is 0 Å². The van der Waals surface area contributed by atoms with Crippen LogP contribution in [0.15, 0.2) is 0 Å². The molecule has 4 unspecified atom stereocenters. The summed E-state index contributed by atoms with van der Waals surface area (Å²) in [7, 11) is 0. The van der Waals surface area contributed by atoms with Crippen LogP contribution in [0.5, 0.6) is 0 Å². The number of rotatable bonds is 3. The van der Waals surface area contributed by atoms with E-state index in [1.165, 1.54) is 4.90 Å². The number of nitrogens with zero attached hydrogens (tertiary/aromatic N) is 2. The highest BCUT2D eigenvalue weighted by molar-refractivity contribution is 5.94. The van der Waals surface area contributed by atoms with Crippen LogP contribution in [0.1, 0.15) is 47.0 Å². The molecule has 3 heterocycles. The number of carbonyl (C=O) groups excluding carboxylic acids is 2. The van der Waals surface area contributed by atoms with E-state index < -0.39 is 29.6 Å².